The minimum absolute atomic E-state index is 0.169. The summed E-state index contributed by atoms with van der Waals surface area (Å²) in [6.07, 6.45) is 19.2. The Morgan fingerprint density at radius 1 is 0.772 bits per heavy atom. The molecule has 1 N–H and O–H groups in total. The van der Waals surface area contributed by atoms with Crippen molar-refractivity contribution in [2.75, 3.05) is 56.7 Å². The number of hydrogen-bond donors (Lipinski definition) is 1. The number of aryl methyl sites for hydroxylation is 2. The summed E-state index contributed by atoms with van der Waals surface area (Å²) in [6.45, 7) is 21.8. The molecule has 0 aromatic heterocycles. The van der Waals surface area contributed by atoms with Gasteiger partial charge in [-0.1, -0.05) is 87.7 Å². The first-order chi connectivity index (χ1) is 37.3. The number of carbonyl (C=O) groups excluding carboxylic acids is 2. The van der Waals surface area contributed by atoms with Crippen LogP contribution in [0.3, 0.4) is 0 Å². The quantitative estimate of drug-likeness (QED) is 0.0393. The number of rotatable bonds is 29. The van der Waals surface area contributed by atoms with E-state index in [2.05, 4.69) is 109 Å². The van der Waals surface area contributed by atoms with E-state index >= 15 is 0 Å². The van der Waals surface area contributed by atoms with E-state index in [0.717, 1.165) is 92.4 Å². The molecule has 0 fully saturated rings. The molecule has 1 amide bonds. The molecule has 3 aliphatic rings. The number of allylic oxidation sites excluding steroid dienone is 8. The van der Waals surface area contributed by atoms with Crippen molar-refractivity contribution in [1.82, 2.24) is 5.32 Å². The number of ether oxygens (including phenoxy) is 3. The average Bonchev–Trinajstić information content (AvgIpc) is 3.76. The second-order valence-electron chi connectivity index (χ2n) is 23.3. The van der Waals surface area contributed by atoms with Gasteiger partial charge >= 0.3 is 6.09 Å². The summed E-state index contributed by atoms with van der Waals surface area (Å²) in [7, 11) is -9.14. The van der Waals surface area contributed by atoms with Gasteiger partial charge in [0.05, 0.1) is 40.2 Å². The molecule has 16 heteroatoms. The Kier molecular flexibility index (Phi) is 22.3. The Bertz CT molecular complexity index is 3010. The van der Waals surface area contributed by atoms with Crippen molar-refractivity contribution in [2.24, 2.45) is 0 Å². The molecule has 0 saturated carbocycles. The van der Waals surface area contributed by atoms with Gasteiger partial charge in [0.1, 0.15) is 28.0 Å². The van der Waals surface area contributed by atoms with Crippen LogP contribution in [0.5, 0.6) is 0 Å². The van der Waals surface area contributed by atoms with Crippen molar-refractivity contribution in [3.05, 3.63) is 130 Å². The van der Waals surface area contributed by atoms with Crippen LogP contribution in [0, 0.1) is 6.92 Å². The van der Waals surface area contributed by atoms with E-state index in [1.165, 1.54) is 45.8 Å². The smallest absolute Gasteiger partial charge is 0.407 e. The molecular weight excluding hydrogens is 1040 g/mol. The Labute approximate surface area is 472 Å². The largest absolute Gasteiger partial charge is 0.748 e. The van der Waals surface area contributed by atoms with Crippen molar-refractivity contribution in [1.29, 1.82) is 0 Å². The zero-order valence-corrected chi connectivity index (χ0v) is 50.0. The number of amides is 1. The Morgan fingerprint density at radius 3 is 2.19 bits per heavy atom. The van der Waals surface area contributed by atoms with Gasteiger partial charge in [0, 0.05) is 79.2 Å². The number of carbonyl (C=O) groups is 2. The van der Waals surface area contributed by atoms with Gasteiger partial charge in [0.2, 0.25) is 5.69 Å². The summed E-state index contributed by atoms with van der Waals surface area (Å²) in [5, 5.41) is 2.65. The lowest BCUT2D eigenvalue weighted by atomic mass is 9.79. The Balaban J connectivity index is 1.21. The maximum atomic E-state index is 12.8. The predicted octanol–water partition coefficient (Wildman–Crippen LogP) is 12.2. The molecule has 0 atom stereocenters. The predicted molar refractivity (Wildman–Crippen MR) is 312 cm³/mol. The van der Waals surface area contributed by atoms with Gasteiger partial charge in [-0.25, -0.2) is 21.6 Å². The van der Waals surface area contributed by atoms with Crippen molar-refractivity contribution >= 4 is 54.8 Å². The lowest BCUT2D eigenvalue weighted by Crippen LogP contribution is -2.34. The number of unbranched alkanes of at least 4 members (excludes halogenated alkanes) is 4. The summed E-state index contributed by atoms with van der Waals surface area (Å²) < 4.78 is 89.9. The third-order valence-corrected chi connectivity index (χ3v) is 16.7. The van der Waals surface area contributed by atoms with Crippen LogP contribution in [0.25, 0.3) is 5.57 Å². The minimum atomic E-state index is -4.74. The highest BCUT2D eigenvalue weighted by atomic mass is 32.2. The van der Waals surface area contributed by atoms with Crippen LogP contribution in [-0.2, 0) is 56.5 Å². The van der Waals surface area contributed by atoms with Gasteiger partial charge in [0.15, 0.2) is 5.71 Å². The molecule has 0 bridgehead atoms. The Morgan fingerprint density at radius 2 is 1.49 bits per heavy atom. The van der Waals surface area contributed by atoms with E-state index in [-0.39, 0.29) is 22.5 Å². The van der Waals surface area contributed by atoms with Crippen LogP contribution in [0.15, 0.2) is 107 Å². The summed E-state index contributed by atoms with van der Waals surface area (Å²) >= 11 is 0. The number of Topliss-reactive ketones (excluding diaryl/α,β-unsaturated/α-hetero) is 1. The molecule has 432 valence electrons. The minimum Gasteiger partial charge on any atom is -0.748 e. The maximum Gasteiger partial charge on any atom is 0.407 e. The fourth-order valence-corrected chi connectivity index (χ4v) is 12.0. The third-order valence-electron chi connectivity index (χ3n) is 15.1. The lowest BCUT2D eigenvalue weighted by molar-refractivity contribution is -0.438. The van der Waals surface area contributed by atoms with Crippen LogP contribution in [0.1, 0.15) is 167 Å². The first-order valence-corrected chi connectivity index (χ1v) is 31.4. The van der Waals surface area contributed by atoms with Gasteiger partial charge in [-0.2, -0.15) is 4.58 Å². The van der Waals surface area contributed by atoms with Gasteiger partial charge < -0.3 is 33.5 Å². The molecule has 79 heavy (non-hydrogen) atoms. The van der Waals surface area contributed by atoms with E-state index in [9.17, 15) is 35.5 Å². The first kappa shape index (κ1) is 63.0. The zero-order chi connectivity index (χ0) is 57.6. The van der Waals surface area contributed by atoms with Crippen molar-refractivity contribution < 1.29 is 54.3 Å². The van der Waals surface area contributed by atoms with Gasteiger partial charge in [-0.05, 0) is 157 Å². The van der Waals surface area contributed by atoms with Crippen LogP contribution >= 0.6 is 0 Å². The lowest BCUT2D eigenvalue weighted by Gasteiger charge is -2.28. The topological polar surface area (TPSA) is 195 Å². The maximum absolute atomic E-state index is 12.8. The molecule has 2 heterocycles. The first-order valence-electron chi connectivity index (χ1n) is 28.4. The molecule has 2 aliphatic heterocycles. The SMILES string of the molecule is CCCCCN1C(=CC=C2CCCC(C=CC3=[N+](CCCCS(=O)(=O)[O-])c4ccc(S(=O)(=O)[O-])cc4C3(C)C)=C2c2ccc(CCCCC(=O)CCCOCCOCCNC(=O)OC(C)(C)C)cc2)C(C)(C)c2cc(C)ccc21. The van der Waals surface area contributed by atoms with E-state index in [1.807, 2.05) is 34.6 Å². The highest BCUT2D eigenvalue weighted by molar-refractivity contribution is 7.86. The standard InChI is InChI=1S/C63H87N3O11S2/c1-10-11-14-37-65-55-32-24-46(2)44-53(55)62(6,7)57(65)34-29-48-20-17-21-49(30-35-58-63(8,9)54-45-52(79(72,73)74)31-33-56(54)66(58)38-15-16-43-78(69,70)71)59(48)50-27-25-47(26-28-50)19-12-13-22-51(67)23-18-39-75-41-42-76-40-36-64-60(68)77-61(3,4)5/h24-35,44-45H,10-23,36-43H2,1-9H3,(H2-,64,68,69,70,71,72,73,74)/p-1. The molecule has 3 aromatic rings. The molecule has 0 spiro atoms. The van der Waals surface area contributed by atoms with Crippen LogP contribution in [0.4, 0.5) is 16.2 Å². The molecule has 0 saturated heterocycles. The number of anilines is 1. The fraction of sp³-hybridized carbons (Fsp3) is 0.540. The van der Waals surface area contributed by atoms with E-state index in [0.29, 0.717) is 70.8 Å². The Hall–Kier alpha value is -5.23. The number of nitrogens with one attached hydrogen (secondary N) is 1. The number of benzene rings is 3. The molecule has 0 radical (unpaired) electrons. The summed E-state index contributed by atoms with van der Waals surface area (Å²) in [6, 6.07) is 20.0. The molecule has 14 nitrogen and oxygen atoms in total. The summed E-state index contributed by atoms with van der Waals surface area (Å²) in [5.74, 6) is -0.251. The van der Waals surface area contributed by atoms with Gasteiger partial charge in [-0.15, -0.1) is 0 Å². The number of ketones is 1. The van der Waals surface area contributed by atoms with Gasteiger partial charge in [-0.3, -0.25) is 4.79 Å². The highest BCUT2D eigenvalue weighted by Crippen LogP contribution is 2.49. The monoisotopic (exact) mass is 1120 g/mol. The highest BCUT2D eigenvalue weighted by Gasteiger charge is 2.45. The summed E-state index contributed by atoms with van der Waals surface area (Å²) in [4.78, 5) is 26.7. The normalized spacial score (nSPS) is 17.3. The van der Waals surface area contributed by atoms with Crippen LogP contribution in [-0.4, -0.2) is 106 Å². The number of alkyl carbamates (subject to hydrolysis) is 1. The van der Waals surface area contributed by atoms with Gasteiger partial charge in [0.25, 0.3) is 0 Å². The molecule has 3 aromatic carbocycles. The molecule has 0 unspecified atom stereocenters. The van der Waals surface area contributed by atoms with E-state index in [1.54, 1.807) is 6.07 Å². The third kappa shape index (κ3) is 17.9. The number of fused-ring (bicyclic) bond motifs is 2. The van der Waals surface area contributed by atoms with E-state index in [4.69, 9.17) is 14.2 Å². The summed E-state index contributed by atoms with van der Waals surface area (Å²) in [5.41, 5.74) is 11.7. The number of hydrogen-bond acceptors (Lipinski definition) is 12. The molecule has 1 aliphatic carbocycles. The average molecular weight is 1130 g/mol. The molecule has 6 rings (SSSR count). The van der Waals surface area contributed by atoms with Crippen molar-refractivity contribution in [2.45, 2.75) is 174 Å². The number of nitrogens with zero attached hydrogens (tertiary/aromatic N) is 2. The second-order valence-corrected chi connectivity index (χ2v) is 26.2. The zero-order valence-electron chi connectivity index (χ0n) is 48.3. The second kappa shape index (κ2) is 28.0. The van der Waals surface area contributed by atoms with Crippen molar-refractivity contribution in [3.63, 3.8) is 0 Å². The van der Waals surface area contributed by atoms with E-state index < -0.39 is 43.1 Å². The van der Waals surface area contributed by atoms with Crippen LogP contribution in [0.2, 0.25) is 0 Å². The fourth-order valence-electron chi connectivity index (χ4n) is 11.0. The van der Waals surface area contributed by atoms with Crippen molar-refractivity contribution in [3.8, 4) is 0 Å². The van der Waals surface area contributed by atoms with Crippen LogP contribution < -0.4 is 10.2 Å². The molecular formula is C63H86N3O11S2-.